The lowest BCUT2D eigenvalue weighted by molar-refractivity contribution is 0.415. The van der Waals surface area contributed by atoms with Crippen LogP contribution < -0.4 is 4.74 Å². The van der Waals surface area contributed by atoms with Gasteiger partial charge >= 0.3 is 0 Å². The van der Waals surface area contributed by atoms with Gasteiger partial charge in [-0.05, 0) is 24.3 Å². The van der Waals surface area contributed by atoms with Gasteiger partial charge in [-0.2, -0.15) is 0 Å². The highest BCUT2D eigenvalue weighted by atomic mass is 35.5. The van der Waals surface area contributed by atoms with Crippen LogP contribution in [0.2, 0.25) is 5.15 Å². The lowest BCUT2D eigenvalue weighted by Crippen LogP contribution is -1.99. The standard InChI is InChI=1S/C14H15ClN2O/c1-9(2)14-16-12(8-13(15)17-14)10-4-6-11(18-3)7-5-10/h4-9H,1-3H3. The van der Waals surface area contributed by atoms with Crippen molar-refractivity contribution in [2.75, 3.05) is 7.11 Å². The fourth-order valence-corrected chi connectivity index (χ4v) is 1.79. The highest BCUT2D eigenvalue weighted by Gasteiger charge is 2.08. The summed E-state index contributed by atoms with van der Waals surface area (Å²) in [4.78, 5) is 8.74. The number of rotatable bonds is 3. The van der Waals surface area contributed by atoms with Crippen LogP contribution in [0.15, 0.2) is 30.3 Å². The summed E-state index contributed by atoms with van der Waals surface area (Å²) in [5.41, 5.74) is 1.84. The molecule has 0 spiro atoms. The largest absolute Gasteiger partial charge is 0.497 e. The van der Waals surface area contributed by atoms with Crippen LogP contribution in [-0.2, 0) is 0 Å². The van der Waals surface area contributed by atoms with E-state index in [4.69, 9.17) is 16.3 Å². The zero-order chi connectivity index (χ0) is 13.1. The first-order valence-corrected chi connectivity index (χ1v) is 6.17. The van der Waals surface area contributed by atoms with E-state index < -0.39 is 0 Å². The summed E-state index contributed by atoms with van der Waals surface area (Å²) in [6, 6.07) is 9.50. The Hall–Kier alpha value is -1.61. The van der Waals surface area contributed by atoms with E-state index in [1.54, 1.807) is 13.2 Å². The summed E-state index contributed by atoms with van der Waals surface area (Å²) in [6.07, 6.45) is 0. The second-order valence-electron chi connectivity index (χ2n) is 4.32. The van der Waals surface area contributed by atoms with Gasteiger partial charge in [0.05, 0.1) is 12.8 Å². The fraction of sp³-hybridized carbons (Fsp3) is 0.286. The van der Waals surface area contributed by atoms with Gasteiger partial charge in [-0.3, -0.25) is 0 Å². The Kier molecular flexibility index (Phi) is 3.82. The number of nitrogens with zero attached hydrogens (tertiary/aromatic N) is 2. The van der Waals surface area contributed by atoms with Gasteiger partial charge in [0.25, 0.3) is 0 Å². The molecule has 18 heavy (non-hydrogen) atoms. The summed E-state index contributed by atoms with van der Waals surface area (Å²) in [7, 11) is 1.65. The Morgan fingerprint density at radius 1 is 1.11 bits per heavy atom. The number of benzene rings is 1. The Morgan fingerprint density at radius 2 is 1.78 bits per heavy atom. The minimum atomic E-state index is 0.251. The van der Waals surface area contributed by atoms with Gasteiger partial charge in [-0.1, -0.05) is 25.4 Å². The van der Waals surface area contributed by atoms with Gasteiger partial charge < -0.3 is 4.74 Å². The molecule has 0 saturated heterocycles. The maximum atomic E-state index is 6.03. The van der Waals surface area contributed by atoms with E-state index in [-0.39, 0.29) is 5.92 Å². The van der Waals surface area contributed by atoms with Crippen LogP contribution >= 0.6 is 11.6 Å². The maximum Gasteiger partial charge on any atom is 0.133 e. The smallest absolute Gasteiger partial charge is 0.133 e. The molecule has 1 heterocycles. The van der Waals surface area contributed by atoms with Crippen LogP contribution in [0.5, 0.6) is 5.75 Å². The van der Waals surface area contributed by atoms with Crippen LogP contribution in [0.3, 0.4) is 0 Å². The lowest BCUT2D eigenvalue weighted by Gasteiger charge is -2.08. The van der Waals surface area contributed by atoms with E-state index >= 15 is 0 Å². The van der Waals surface area contributed by atoms with E-state index in [1.165, 1.54) is 0 Å². The molecule has 0 fully saturated rings. The Morgan fingerprint density at radius 3 is 2.33 bits per heavy atom. The predicted octanol–water partition coefficient (Wildman–Crippen LogP) is 3.93. The van der Waals surface area contributed by atoms with E-state index in [9.17, 15) is 0 Å². The summed E-state index contributed by atoms with van der Waals surface area (Å²) >= 11 is 6.03. The van der Waals surface area contributed by atoms with Crippen LogP contribution in [0.4, 0.5) is 0 Å². The number of methoxy groups -OCH3 is 1. The monoisotopic (exact) mass is 262 g/mol. The lowest BCUT2D eigenvalue weighted by atomic mass is 10.1. The molecule has 3 nitrogen and oxygen atoms in total. The third kappa shape index (κ3) is 2.79. The SMILES string of the molecule is COc1ccc(-c2cc(Cl)nc(C(C)C)n2)cc1. The normalized spacial score (nSPS) is 10.7. The summed E-state index contributed by atoms with van der Waals surface area (Å²) in [5.74, 6) is 1.83. The van der Waals surface area contributed by atoms with Crippen molar-refractivity contribution in [1.29, 1.82) is 0 Å². The summed E-state index contributed by atoms with van der Waals surface area (Å²) in [6.45, 7) is 4.09. The van der Waals surface area contributed by atoms with Crippen molar-refractivity contribution in [3.8, 4) is 17.0 Å². The predicted molar refractivity (Wildman–Crippen MR) is 73.1 cm³/mol. The van der Waals surface area contributed by atoms with Gasteiger partial charge in [0.15, 0.2) is 0 Å². The average Bonchev–Trinajstić information content (AvgIpc) is 2.38. The molecule has 0 saturated carbocycles. The second-order valence-corrected chi connectivity index (χ2v) is 4.70. The second kappa shape index (κ2) is 5.36. The molecule has 2 rings (SSSR count). The molecule has 0 bridgehead atoms. The molecule has 2 aromatic rings. The molecular formula is C14H15ClN2O. The molecule has 94 valence electrons. The van der Waals surface area contributed by atoms with Crippen molar-refractivity contribution in [1.82, 2.24) is 9.97 Å². The molecule has 0 radical (unpaired) electrons. The highest BCUT2D eigenvalue weighted by Crippen LogP contribution is 2.24. The zero-order valence-electron chi connectivity index (χ0n) is 10.6. The van der Waals surface area contributed by atoms with Crippen LogP contribution in [-0.4, -0.2) is 17.1 Å². The van der Waals surface area contributed by atoms with Crippen LogP contribution in [0.25, 0.3) is 11.3 Å². The molecule has 1 aromatic heterocycles. The minimum absolute atomic E-state index is 0.251. The van der Waals surface area contributed by atoms with Crippen molar-refractivity contribution in [2.45, 2.75) is 19.8 Å². The van der Waals surface area contributed by atoms with Crippen molar-refractivity contribution in [3.63, 3.8) is 0 Å². The first-order chi connectivity index (χ1) is 8.60. The quantitative estimate of drug-likeness (QED) is 0.786. The van der Waals surface area contributed by atoms with E-state index in [1.807, 2.05) is 38.1 Å². The first kappa shape index (κ1) is 12.8. The Balaban J connectivity index is 2.42. The van der Waals surface area contributed by atoms with Gasteiger partial charge in [-0.15, -0.1) is 0 Å². The fourth-order valence-electron chi connectivity index (χ4n) is 1.60. The van der Waals surface area contributed by atoms with E-state index in [0.29, 0.717) is 5.15 Å². The zero-order valence-corrected chi connectivity index (χ0v) is 11.4. The molecule has 0 aliphatic heterocycles. The van der Waals surface area contributed by atoms with Gasteiger partial charge in [0.1, 0.15) is 16.7 Å². The molecule has 4 heteroatoms. The molecule has 1 aromatic carbocycles. The summed E-state index contributed by atoms with van der Waals surface area (Å²) < 4.78 is 5.13. The molecule has 0 aliphatic carbocycles. The molecule has 0 atom stereocenters. The third-order valence-electron chi connectivity index (χ3n) is 2.61. The van der Waals surface area contributed by atoms with E-state index in [2.05, 4.69) is 9.97 Å². The van der Waals surface area contributed by atoms with Gasteiger partial charge in [0, 0.05) is 17.5 Å². The molecule has 0 N–H and O–H groups in total. The average molecular weight is 263 g/mol. The van der Waals surface area contributed by atoms with Crippen molar-refractivity contribution >= 4 is 11.6 Å². The minimum Gasteiger partial charge on any atom is -0.497 e. The van der Waals surface area contributed by atoms with Crippen LogP contribution in [0.1, 0.15) is 25.6 Å². The molecule has 0 unspecified atom stereocenters. The van der Waals surface area contributed by atoms with Crippen molar-refractivity contribution in [2.24, 2.45) is 0 Å². The van der Waals surface area contributed by atoms with Gasteiger partial charge in [-0.25, -0.2) is 9.97 Å². The number of ether oxygens (including phenoxy) is 1. The van der Waals surface area contributed by atoms with Crippen LogP contribution in [0, 0.1) is 0 Å². The topological polar surface area (TPSA) is 35.0 Å². The summed E-state index contributed by atoms with van der Waals surface area (Å²) in [5, 5.41) is 0.472. The number of hydrogen-bond donors (Lipinski definition) is 0. The molecule has 0 aliphatic rings. The van der Waals surface area contributed by atoms with Crippen molar-refractivity contribution < 1.29 is 4.74 Å². The number of hydrogen-bond acceptors (Lipinski definition) is 3. The molecule has 0 amide bonds. The van der Waals surface area contributed by atoms with E-state index in [0.717, 1.165) is 22.8 Å². The van der Waals surface area contributed by atoms with Gasteiger partial charge in [0.2, 0.25) is 0 Å². The third-order valence-corrected chi connectivity index (χ3v) is 2.81. The number of halogens is 1. The van der Waals surface area contributed by atoms with Crippen molar-refractivity contribution in [3.05, 3.63) is 41.3 Å². The highest BCUT2D eigenvalue weighted by molar-refractivity contribution is 6.29. The maximum absolute atomic E-state index is 6.03. The Labute approximate surface area is 112 Å². The Bertz CT molecular complexity index is 538. The molecular weight excluding hydrogens is 248 g/mol. The first-order valence-electron chi connectivity index (χ1n) is 5.79. The number of aromatic nitrogens is 2.